The van der Waals surface area contributed by atoms with Gasteiger partial charge in [-0.25, -0.2) is 5.06 Å². The van der Waals surface area contributed by atoms with E-state index in [4.69, 9.17) is 4.84 Å². The molecule has 0 saturated carbocycles. The molecule has 0 radical (unpaired) electrons. The molecule has 0 spiro atoms. The van der Waals surface area contributed by atoms with Gasteiger partial charge in [0.15, 0.2) is 0 Å². The van der Waals surface area contributed by atoms with Crippen molar-refractivity contribution in [3.8, 4) is 0 Å². The minimum atomic E-state index is -0.180. The molecule has 0 unspecified atom stereocenters. The van der Waals surface area contributed by atoms with Gasteiger partial charge in [0.25, 0.3) is 5.91 Å². The Morgan fingerprint density at radius 3 is 2.67 bits per heavy atom. The molecule has 0 bridgehead atoms. The zero-order valence-electron chi connectivity index (χ0n) is 9.23. The highest BCUT2D eigenvalue weighted by atomic mass is 16.7. The van der Waals surface area contributed by atoms with Gasteiger partial charge in [0.2, 0.25) is 0 Å². The molecule has 1 rings (SSSR count). The van der Waals surface area contributed by atoms with Gasteiger partial charge in [-0.2, -0.15) is 0 Å². The Bertz CT molecular complexity index is 372. The maximum Gasteiger partial charge on any atom is 0.269 e. The van der Waals surface area contributed by atoms with Gasteiger partial charge in [0.1, 0.15) is 0 Å². The van der Waals surface area contributed by atoms with Crippen molar-refractivity contribution in [3.63, 3.8) is 0 Å². The zero-order valence-corrected chi connectivity index (χ0v) is 9.23. The minimum Gasteiger partial charge on any atom is -0.274 e. The van der Waals surface area contributed by atoms with Gasteiger partial charge in [-0.1, -0.05) is 24.3 Å². The third kappa shape index (κ3) is 3.22. The molecule has 0 aromatic heterocycles. The van der Waals surface area contributed by atoms with Gasteiger partial charge in [-0.05, 0) is 24.1 Å². The van der Waals surface area contributed by atoms with Crippen molar-refractivity contribution in [1.29, 1.82) is 0 Å². The van der Waals surface area contributed by atoms with Gasteiger partial charge in [0, 0.05) is 13.1 Å². The Morgan fingerprint density at radius 1 is 1.40 bits per heavy atom. The van der Waals surface area contributed by atoms with Gasteiger partial charge < -0.3 is 0 Å². The third-order valence-electron chi connectivity index (χ3n) is 2.18. The van der Waals surface area contributed by atoms with E-state index < -0.39 is 0 Å². The van der Waals surface area contributed by atoms with Crippen LogP contribution in [0.25, 0.3) is 6.08 Å². The van der Waals surface area contributed by atoms with E-state index in [1.165, 1.54) is 18.2 Å². The summed E-state index contributed by atoms with van der Waals surface area (Å²) in [5.74, 6) is -0.180. The second-order valence-electron chi connectivity index (χ2n) is 3.21. The summed E-state index contributed by atoms with van der Waals surface area (Å²) in [5, 5.41) is 1.18. The first kappa shape index (κ1) is 11.5. The van der Waals surface area contributed by atoms with E-state index in [2.05, 4.69) is 0 Å². The van der Waals surface area contributed by atoms with Gasteiger partial charge in [0.05, 0.1) is 7.11 Å². The van der Waals surface area contributed by atoms with Crippen LogP contribution in [0.5, 0.6) is 0 Å². The van der Waals surface area contributed by atoms with Crippen molar-refractivity contribution in [2.24, 2.45) is 0 Å². The maximum atomic E-state index is 11.4. The largest absolute Gasteiger partial charge is 0.274 e. The number of hydrogen-bond acceptors (Lipinski definition) is 2. The number of amides is 1. The fourth-order valence-electron chi connectivity index (χ4n) is 1.13. The Morgan fingerprint density at radius 2 is 2.07 bits per heavy atom. The van der Waals surface area contributed by atoms with Crippen LogP contribution in [-0.4, -0.2) is 25.1 Å². The van der Waals surface area contributed by atoms with Crippen LogP contribution in [-0.2, 0) is 9.63 Å². The maximum absolute atomic E-state index is 11.4. The lowest BCUT2D eigenvalue weighted by Gasteiger charge is -2.10. The van der Waals surface area contributed by atoms with Crippen LogP contribution in [0.2, 0.25) is 0 Å². The monoisotopic (exact) mass is 205 g/mol. The summed E-state index contributed by atoms with van der Waals surface area (Å²) < 4.78 is 0. The molecule has 3 nitrogen and oxygen atoms in total. The number of hydroxylamine groups is 2. The number of nitrogens with zero attached hydrogens (tertiary/aromatic N) is 1. The fourth-order valence-corrected chi connectivity index (χ4v) is 1.13. The zero-order chi connectivity index (χ0) is 11.3. The molecule has 0 atom stereocenters. The second kappa shape index (κ2) is 5.32. The molecular weight excluding hydrogens is 190 g/mol. The normalized spacial score (nSPS) is 10.6. The molecule has 0 N–H and O–H groups in total. The van der Waals surface area contributed by atoms with E-state index in [0.29, 0.717) is 0 Å². The molecule has 3 heteroatoms. The Hall–Kier alpha value is -1.61. The van der Waals surface area contributed by atoms with Crippen LogP contribution >= 0.6 is 0 Å². The summed E-state index contributed by atoms with van der Waals surface area (Å²) in [4.78, 5) is 16.1. The van der Waals surface area contributed by atoms with Crippen LogP contribution in [0, 0.1) is 6.92 Å². The predicted molar refractivity (Wildman–Crippen MR) is 60.0 cm³/mol. The van der Waals surface area contributed by atoms with Gasteiger partial charge in [-0.15, -0.1) is 0 Å². The van der Waals surface area contributed by atoms with E-state index in [1.54, 1.807) is 13.1 Å². The number of hydrogen-bond donors (Lipinski definition) is 0. The topological polar surface area (TPSA) is 29.5 Å². The predicted octanol–water partition coefficient (Wildman–Crippen LogP) is 2.03. The molecule has 1 amide bonds. The van der Waals surface area contributed by atoms with Crippen LogP contribution in [0.1, 0.15) is 11.1 Å². The molecule has 0 saturated heterocycles. The first-order valence-electron chi connectivity index (χ1n) is 4.70. The summed E-state index contributed by atoms with van der Waals surface area (Å²) in [6, 6.07) is 7.88. The first-order valence-corrected chi connectivity index (χ1v) is 4.70. The number of rotatable bonds is 3. The van der Waals surface area contributed by atoms with Crippen molar-refractivity contribution in [1.82, 2.24) is 5.06 Å². The molecule has 1 aromatic rings. The molecule has 1 aromatic carbocycles. The van der Waals surface area contributed by atoms with E-state index in [0.717, 1.165) is 11.1 Å². The fraction of sp³-hybridized carbons (Fsp3) is 0.250. The number of aryl methyl sites for hydroxylation is 1. The summed E-state index contributed by atoms with van der Waals surface area (Å²) in [7, 11) is 3.03. The average molecular weight is 205 g/mol. The number of likely N-dealkylation sites (N-methyl/N-ethyl adjacent to an activating group) is 1. The number of carbonyl (C=O) groups is 1. The Balaban J connectivity index is 2.74. The number of benzene rings is 1. The average Bonchev–Trinajstić information content (AvgIpc) is 2.26. The standard InChI is InChI=1S/C12H15NO2/c1-10-6-4-5-7-11(10)8-9-12(14)13(2)15-3/h4-9H,1-3H3. The summed E-state index contributed by atoms with van der Waals surface area (Å²) in [5.41, 5.74) is 2.18. The SMILES string of the molecule is CON(C)C(=O)C=Cc1ccccc1C. The summed E-state index contributed by atoms with van der Waals surface area (Å²) in [6.07, 6.45) is 3.28. The summed E-state index contributed by atoms with van der Waals surface area (Å²) in [6.45, 7) is 2.00. The Labute approximate surface area is 89.9 Å². The first-order chi connectivity index (χ1) is 7.15. The van der Waals surface area contributed by atoms with E-state index in [9.17, 15) is 4.79 Å². The molecule has 0 aliphatic heterocycles. The second-order valence-corrected chi connectivity index (χ2v) is 3.21. The lowest BCUT2D eigenvalue weighted by molar-refractivity contribution is -0.162. The summed E-state index contributed by atoms with van der Waals surface area (Å²) >= 11 is 0. The molecule has 0 aliphatic rings. The van der Waals surface area contributed by atoms with Crippen molar-refractivity contribution in [2.75, 3.05) is 14.2 Å². The minimum absolute atomic E-state index is 0.180. The molecule has 0 aliphatic carbocycles. The van der Waals surface area contributed by atoms with Crippen LogP contribution in [0.15, 0.2) is 30.3 Å². The van der Waals surface area contributed by atoms with Crippen molar-refractivity contribution in [2.45, 2.75) is 6.92 Å². The van der Waals surface area contributed by atoms with Crippen molar-refractivity contribution in [3.05, 3.63) is 41.5 Å². The smallest absolute Gasteiger partial charge is 0.269 e. The van der Waals surface area contributed by atoms with Gasteiger partial charge in [-0.3, -0.25) is 9.63 Å². The molecule has 0 heterocycles. The molecule has 15 heavy (non-hydrogen) atoms. The Kier molecular flexibility index (Phi) is 4.06. The highest BCUT2D eigenvalue weighted by Gasteiger charge is 2.02. The van der Waals surface area contributed by atoms with Crippen molar-refractivity contribution >= 4 is 12.0 Å². The molecule has 0 fully saturated rings. The van der Waals surface area contributed by atoms with E-state index in [1.807, 2.05) is 31.2 Å². The lowest BCUT2D eigenvalue weighted by Crippen LogP contribution is -2.22. The van der Waals surface area contributed by atoms with Crippen LogP contribution in [0.3, 0.4) is 0 Å². The van der Waals surface area contributed by atoms with E-state index in [-0.39, 0.29) is 5.91 Å². The van der Waals surface area contributed by atoms with Crippen LogP contribution < -0.4 is 0 Å². The molecule has 80 valence electrons. The van der Waals surface area contributed by atoms with Crippen LogP contribution in [0.4, 0.5) is 0 Å². The highest BCUT2D eigenvalue weighted by molar-refractivity contribution is 5.91. The van der Waals surface area contributed by atoms with Gasteiger partial charge >= 0.3 is 0 Å². The molecular formula is C12H15NO2. The highest BCUT2D eigenvalue weighted by Crippen LogP contribution is 2.08. The van der Waals surface area contributed by atoms with E-state index >= 15 is 0 Å². The third-order valence-corrected chi connectivity index (χ3v) is 2.18. The lowest BCUT2D eigenvalue weighted by atomic mass is 10.1. The quantitative estimate of drug-likeness (QED) is 0.558. The van der Waals surface area contributed by atoms with Crippen molar-refractivity contribution < 1.29 is 9.63 Å². The number of carbonyl (C=O) groups excluding carboxylic acids is 1.